The number of nitrogens with zero attached hydrogens (tertiary/aromatic N) is 5. The molecule has 3 aromatic rings. The summed E-state index contributed by atoms with van der Waals surface area (Å²) in [7, 11) is 7.29. The molecule has 2 aromatic carbocycles. The Labute approximate surface area is 288 Å². The van der Waals surface area contributed by atoms with Gasteiger partial charge in [-0.15, -0.1) is 0 Å². The fraction of sp³-hybridized carbons (Fsp3) is 0.579. The van der Waals surface area contributed by atoms with Crippen LogP contribution in [0.25, 0.3) is 11.0 Å². The first-order chi connectivity index (χ1) is 23.2. The second-order valence-corrected chi connectivity index (χ2v) is 15.6. The second-order valence-electron chi connectivity index (χ2n) is 15.6. The van der Waals surface area contributed by atoms with Crippen LogP contribution < -0.4 is 15.3 Å². The van der Waals surface area contributed by atoms with E-state index in [0.717, 1.165) is 61.8 Å². The van der Waals surface area contributed by atoms with Crippen molar-refractivity contribution in [1.29, 1.82) is 0 Å². The SMILES string of the molecule is COc1ccc(CN2C(=O)CCC(n3c(=O)n(C)c4c(N(C)C[C@H]5CC6(CC[C@H](N(C)C(=O)OC(C)(C)C)CC6)C5)cccc43)C2=O)cc1. The largest absolute Gasteiger partial charge is 0.497 e. The Morgan fingerprint density at radius 3 is 2.29 bits per heavy atom. The van der Waals surface area contributed by atoms with E-state index in [2.05, 4.69) is 11.9 Å². The number of anilines is 1. The molecule has 3 fully saturated rings. The van der Waals surface area contributed by atoms with Gasteiger partial charge in [-0.2, -0.15) is 0 Å². The number of piperidine rings is 1. The minimum Gasteiger partial charge on any atom is -0.497 e. The van der Waals surface area contributed by atoms with E-state index in [1.807, 2.05) is 58.2 Å². The smallest absolute Gasteiger partial charge is 0.410 e. The van der Waals surface area contributed by atoms with Gasteiger partial charge in [-0.05, 0) is 107 Å². The molecular formula is C38H51N5O6. The number of para-hydroxylation sites is 1. The molecule has 6 rings (SSSR count). The van der Waals surface area contributed by atoms with Crippen molar-refractivity contribution in [3.63, 3.8) is 0 Å². The Kier molecular flexibility index (Phi) is 9.32. The molecule has 11 nitrogen and oxygen atoms in total. The lowest BCUT2D eigenvalue weighted by Crippen LogP contribution is -2.49. The Hall–Kier alpha value is -4.28. The van der Waals surface area contributed by atoms with Crippen LogP contribution >= 0.6 is 0 Å². The summed E-state index contributed by atoms with van der Waals surface area (Å²) in [4.78, 5) is 58.5. The zero-order valence-corrected chi connectivity index (χ0v) is 30.0. The normalized spacial score (nSPS) is 24.2. The van der Waals surface area contributed by atoms with E-state index in [-0.39, 0.29) is 49.0 Å². The van der Waals surface area contributed by atoms with Gasteiger partial charge in [-0.25, -0.2) is 9.59 Å². The van der Waals surface area contributed by atoms with Crippen LogP contribution in [-0.4, -0.2) is 76.2 Å². The number of aromatic nitrogens is 2. The van der Waals surface area contributed by atoms with E-state index in [1.165, 1.54) is 4.90 Å². The lowest BCUT2D eigenvalue weighted by Gasteiger charge is -2.53. The summed E-state index contributed by atoms with van der Waals surface area (Å²) in [6.07, 6.45) is 6.77. The average Bonchev–Trinajstić information content (AvgIpc) is 3.30. The Balaban J connectivity index is 1.12. The number of aryl methyl sites for hydroxylation is 1. The van der Waals surface area contributed by atoms with Gasteiger partial charge in [-0.1, -0.05) is 18.2 Å². The molecular weight excluding hydrogens is 622 g/mol. The summed E-state index contributed by atoms with van der Waals surface area (Å²) in [5.74, 6) is 0.655. The quantitative estimate of drug-likeness (QED) is 0.275. The molecule has 2 aliphatic carbocycles. The van der Waals surface area contributed by atoms with Crippen molar-refractivity contribution in [2.24, 2.45) is 18.4 Å². The molecule has 1 atom stereocenters. The first-order valence-corrected chi connectivity index (χ1v) is 17.5. The van der Waals surface area contributed by atoms with Crippen LogP contribution in [0, 0.1) is 11.3 Å². The van der Waals surface area contributed by atoms with Gasteiger partial charge in [0.25, 0.3) is 5.91 Å². The van der Waals surface area contributed by atoms with Crippen molar-refractivity contribution in [1.82, 2.24) is 18.9 Å². The minimum atomic E-state index is -0.760. The summed E-state index contributed by atoms with van der Waals surface area (Å²) >= 11 is 0. The number of hydrogen-bond acceptors (Lipinski definition) is 7. The van der Waals surface area contributed by atoms with Crippen LogP contribution in [0.15, 0.2) is 47.3 Å². The highest BCUT2D eigenvalue weighted by Crippen LogP contribution is 2.55. The third-order valence-electron chi connectivity index (χ3n) is 11.0. The summed E-state index contributed by atoms with van der Waals surface area (Å²) in [5, 5.41) is 0. The molecule has 1 aliphatic heterocycles. The van der Waals surface area contributed by atoms with Gasteiger partial charge in [0.1, 0.15) is 17.4 Å². The number of carbonyl (C=O) groups excluding carboxylic acids is 3. The van der Waals surface area contributed by atoms with Gasteiger partial charge in [0.05, 0.1) is 30.4 Å². The number of methoxy groups -OCH3 is 1. The molecule has 3 amide bonds. The molecule has 0 N–H and O–H groups in total. The lowest BCUT2D eigenvalue weighted by molar-refractivity contribution is -0.151. The predicted octanol–water partition coefficient (Wildman–Crippen LogP) is 5.88. The number of carbonyl (C=O) groups is 3. The Morgan fingerprint density at radius 1 is 0.980 bits per heavy atom. The summed E-state index contributed by atoms with van der Waals surface area (Å²) < 4.78 is 14.1. The monoisotopic (exact) mass is 673 g/mol. The Morgan fingerprint density at radius 2 is 1.65 bits per heavy atom. The molecule has 264 valence electrons. The number of amides is 3. The molecule has 1 unspecified atom stereocenters. The first-order valence-electron chi connectivity index (χ1n) is 17.5. The van der Waals surface area contributed by atoms with Crippen LogP contribution in [0.4, 0.5) is 10.5 Å². The number of ether oxygens (including phenoxy) is 2. The molecule has 1 spiro atoms. The first kappa shape index (κ1) is 34.6. The molecule has 3 aliphatic rings. The van der Waals surface area contributed by atoms with Crippen molar-refractivity contribution in [3.05, 3.63) is 58.5 Å². The summed E-state index contributed by atoms with van der Waals surface area (Å²) in [5.41, 5.74) is 2.85. The van der Waals surface area contributed by atoms with E-state index < -0.39 is 11.6 Å². The minimum absolute atomic E-state index is 0.148. The maximum Gasteiger partial charge on any atom is 0.410 e. The van der Waals surface area contributed by atoms with Gasteiger partial charge in [0, 0.05) is 40.2 Å². The molecule has 11 heteroatoms. The summed E-state index contributed by atoms with van der Waals surface area (Å²) in [6, 6.07) is 12.6. The standard InChI is InChI=1S/C38H51N5O6/c1-37(2,3)49-36(47)40(5)27-17-19-38(20-18-27)21-26(22-38)23-39(4)29-9-8-10-30-33(29)41(6)35(46)43(30)31-15-16-32(44)42(34(31)45)24-25-11-13-28(48-7)14-12-25/h8-14,26-27,31H,15-24H2,1-7H3/t26-,27-,31?,38?. The van der Waals surface area contributed by atoms with E-state index >= 15 is 0 Å². The van der Waals surface area contributed by atoms with Crippen LogP contribution in [0.5, 0.6) is 5.75 Å². The van der Waals surface area contributed by atoms with Gasteiger partial charge in [-0.3, -0.25) is 23.6 Å². The maximum absolute atomic E-state index is 13.8. The van der Waals surface area contributed by atoms with Gasteiger partial charge in [0.15, 0.2) is 0 Å². The molecule has 0 bridgehead atoms. The van der Waals surface area contributed by atoms with Crippen molar-refractivity contribution in [3.8, 4) is 5.75 Å². The summed E-state index contributed by atoms with van der Waals surface area (Å²) in [6.45, 7) is 6.71. The average molecular weight is 674 g/mol. The lowest BCUT2D eigenvalue weighted by atomic mass is 9.55. The predicted molar refractivity (Wildman–Crippen MR) is 189 cm³/mol. The van der Waals surface area contributed by atoms with E-state index in [0.29, 0.717) is 22.6 Å². The molecule has 0 radical (unpaired) electrons. The fourth-order valence-corrected chi connectivity index (χ4v) is 8.44. The maximum atomic E-state index is 13.8. The van der Waals surface area contributed by atoms with E-state index in [1.54, 1.807) is 40.3 Å². The van der Waals surface area contributed by atoms with Gasteiger partial charge >= 0.3 is 11.8 Å². The third-order valence-corrected chi connectivity index (χ3v) is 11.0. The van der Waals surface area contributed by atoms with Crippen molar-refractivity contribution in [2.45, 2.75) is 96.4 Å². The topological polar surface area (TPSA) is 106 Å². The highest BCUT2D eigenvalue weighted by Gasteiger charge is 2.47. The third kappa shape index (κ3) is 6.81. The van der Waals surface area contributed by atoms with Crippen LogP contribution in [0.2, 0.25) is 0 Å². The molecule has 1 aromatic heterocycles. The highest BCUT2D eigenvalue weighted by atomic mass is 16.6. The zero-order valence-electron chi connectivity index (χ0n) is 30.0. The van der Waals surface area contributed by atoms with Crippen molar-refractivity contribution >= 4 is 34.6 Å². The molecule has 2 saturated carbocycles. The number of rotatable bonds is 8. The zero-order chi connectivity index (χ0) is 35.2. The van der Waals surface area contributed by atoms with E-state index in [9.17, 15) is 19.2 Å². The molecule has 49 heavy (non-hydrogen) atoms. The number of imidazole rings is 1. The number of fused-ring (bicyclic) bond motifs is 1. The molecule has 2 heterocycles. The number of hydrogen-bond donors (Lipinski definition) is 0. The number of likely N-dealkylation sites (tertiary alicyclic amines) is 1. The van der Waals surface area contributed by atoms with Gasteiger partial charge < -0.3 is 19.3 Å². The van der Waals surface area contributed by atoms with Crippen molar-refractivity contribution in [2.75, 3.05) is 32.6 Å². The second kappa shape index (κ2) is 13.2. The van der Waals surface area contributed by atoms with Crippen LogP contribution in [0.3, 0.4) is 0 Å². The number of imide groups is 1. The van der Waals surface area contributed by atoms with Crippen molar-refractivity contribution < 1.29 is 23.9 Å². The fourth-order valence-electron chi connectivity index (χ4n) is 8.44. The molecule has 1 saturated heterocycles. The van der Waals surface area contributed by atoms with Gasteiger partial charge in [0.2, 0.25) is 5.91 Å². The van der Waals surface area contributed by atoms with Crippen LogP contribution in [0.1, 0.15) is 83.7 Å². The van der Waals surface area contributed by atoms with Crippen LogP contribution in [-0.2, 0) is 27.9 Å². The van der Waals surface area contributed by atoms with E-state index in [4.69, 9.17) is 9.47 Å². The number of benzene rings is 2. The Bertz CT molecular complexity index is 1770. The highest BCUT2D eigenvalue weighted by molar-refractivity contribution is 6.00.